The van der Waals surface area contributed by atoms with Gasteiger partial charge in [-0.25, -0.2) is 19.9 Å². The maximum atomic E-state index is 5.65. The summed E-state index contributed by atoms with van der Waals surface area (Å²) in [4.78, 5) is 28.6. The third-order valence-corrected chi connectivity index (χ3v) is 5.66. The molecule has 1 N–H and O–H groups in total. The molecular weight excluding hydrogens is 392 g/mol. The van der Waals surface area contributed by atoms with Gasteiger partial charge in [0.1, 0.15) is 12.0 Å². The van der Waals surface area contributed by atoms with Crippen molar-refractivity contribution in [2.45, 2.75) is 13.0 Å². The highest BCUT2D eigenvalue weighted by Crippen LogP contribution is 2.32. The van der Waals surface area contributed by atoms with Gasteiger partial charge in [0.15, 0.2) is 22.8 Å². The Kier molecular flexibility index (Phi) is 4.13. The fourth-order valence-corrected chi connectivity index (χ4v) is 4.10. The van der Waals surface area contributed by atoms with Crippen LogP contribution in [0.5, 0.6) is 0 Å². The Morgan fingerprint density at radius 1 is 1.06 bits per heavy atom. The number of nitrogens with zero attached hydrogens (tertiary/aromatic N) is 7. The van der Waals surface area contributed by atoms with Crippen molar-refractivity contribution >= 4 is 28.0 Å². The standard InChI is InChI=1S/C22H20N8O/c1-14-12-31-11-10-29(14)21-18-22(30(13-26-18)15-2-6-23-7-3-15)28-20(27-21)17-5-9-25-19-16(17)4-8-24-19/h2-9,13-14H,10-12H2,1H3,(H,24,25)/t14-/m1/s1. The molecule has 6 heterocycles. The first-order valence-electron chi connectivity index (χ1n) is 10.2. The lowest BCUT2D eigenvalue weighted by Gasteiger charge is -2.34. The molecule has 6 rings (SSSR count). The van der Waals surface area contributed by atoms with Crippen LogP contribution in [0.1, 0.15) is 6.92 Å². The number of H-pyrrole nitrogens is 1. The van der Waals surface area contributed by atoms with Crippen LogP contribution in [-0.2, 0) is 4.74 Å². The van der Waals surface area contributed by atoms with Crippen molar-refractivity contribution in [1.82, 2.24) is 34.5 Å². The van der Waals surface area contributed by atoms with Crippen LogP contribution in [0.25, 0.3) is 39.3 Å². The zero-order chi connectivity index (χ0) is 20.8. The van der Waals surface area contributed by atoms with E-state index >= 15 is 0 Å². The number of morpholine rings is 1. The van der Waals surface area contributed by atoms with Gasteiger partial charge in [0.25, 0.3) is 0 Å². The Labute approximate surface area is 177 Å². The van der Waals surface area contributed by atoms with E-state index in [9.17, 15) is 0 Å². The Morgan fingerprint density at radius 2 is 1.97 bits per heavy atom. The average molecular weight is 412 g/mol. The van der Waals surface area contributed by atoms with E-state index < -0.39 is 0 Å². The zero-order valence-corrected chi connectivity index (χ0v) is 16.9. The number of aromatic amines is 1. The maximum Gasteiger partial charge on any atom is 0.170 e. The van der Waals surface area contributed by atoms with Crippen LogP contribution in [0.2, 0.25) is 0 Å². The number of ether oxygens (including phenoxy) is 1. The molecule has 0 spiro atoms. The first kappa shape index (κ1) is 18.0. The number of rotatable bonds is 3. The molecule has 0 bridgehead atoms. The van der Waals surface area contributed by atoms with Crippen LogP contribution in [0.15, 0.2) is 55.4 Å². The summed E-state index contributed by atoms with van der Waals surface area (Å²) in [6, 6.07) is 8.03. The summed E-state index contributed by atoms with van der Waals surface area (Å²) in [7, 11) is 0. The van der Waals surface area contributed by atoms with E-state index in [1.54, 1.807) is 24.9 Å². The zero-order valence-electron chi connectivity index (χ0n) is 16.9. The van der Waals surface area contributed by atoms with E-state index in [2.05, 4.69) is 26.8 Å². The van der Waals surface area contributed by atoms with Gasteiger partial charge in [-0.15, -0.1) is 0 Å². The van der Waals surface area contributed by atoms with E-state index in [1.165, 1.54) is 0 Å². The lowest BCUT2D eigenvalue weighted by molar-refractivity contribution is 0.0987. The number of aromatic nitrogens is 7. The van der Waals surface area contributed by atoms with Crippen molar-refractivity contribution < 1.29 is 4.74 Å². The van der Waals surface area contributed by atoms with Crippen molar-refractivity contribution in [2.24, 2.45) is 0 Å². The highest BCUT2D eigenvalue weighted by molar-refractivity contribution is 5.94. The molecule has 0 saturated carbocycles. The smallest absolute Gasteiger partial charge is 0.170 e. The molecule has 31 heavy (non-hydrogen) atoms. The number of hydrogen-bond acceptors (Lipinski definition) is 7. The SMILES string of the molecule is C[C@@H]1COCCN1c1nc(-c2ccnc3[nH]ccc23)nc2c1ncn2-c1ccncc1. The highest BCUT2D eigenvalue weighted by atomic mass is 16.5. The van der Waals surface area contributed by atoms with Crippen LogP contribution in [0.3, 0.4) is 0 Å². The molecule has 154 valence electrons. The Balaban J connectivity index is 1.63. The van der Waals surface area contributed by atoms with Crippen molar-refractivity contribution in [1.29, 1.82) is 0 Å². The summed E-state index contributed by atoms with van der Waals surface area (Å²) in [5.41, 5.74) is 4.21. The second-order valence-electron chi connectivity index (χ2n) is 7.58. The summed E-state index contributed by atoms with van der Waals surface area (Å²) in [6.07, 6.45) is 8.98. The normalized spacial score (nSPS) is 16.9. The van der Waals surface area contributed by atoms with Gasteiger partial charge in [-0.2, -0.15) is 0 Å². The van der Waals surface area contributed by atoms with E-state index in [4.69, 9.17) is 19.7 Å². The Hall–Kier alpha value is -3.85. The molecule has 0 aromatic carbocycles. The van der Waals surface area contributed by atoms with Crippen LogP contribution in [0.4, 0.5) is 5.82 Å². The largest absolute Gasteiger partial charge is 0.377 e. The van der Waals surface area contributed by atoms with Crippen LogP contribution >= 0.6 is 0 Å². The number of pyridine rings is 2. The van der Waals surface area contributed by atoms with E-state index in [0.717, 1.165) is 45.8 Å². The topological polar surface area (TPSA) is 97.6 Å². The van der Waals surface area contributed by atoms with Crippen LogP contribution < -0.4 is 4.90 Å². The van der Waals surface area contributed by atoms with E-state index in [-0.39, 0.29) is 6.04 Å². The summed E-state index contributed by atoms with van der Waals surface area (Å²) in [5, 5.41) is 0.984. The van der Waals surface area contributed by atoms with Gasteiger partial charge in [-0.3, -0.25) is 9.55 Å². The predicted octanol–water partition coefficient (Wildman–Crippen LogP) is 2.98. The number of hydrogen-bond donors (Lipinski definition) is 1. The Morgan fingerprint density at radius 3 is 2.84 bits per heavy atom. The minimum atomic E-state index is 0.190. The van der Waals surface area contributed by atoms with E-state index in [0.29, 0.717) is 19.0 Å². The predicted molar refractivity (Wildman–Crippen MR) is 117 cm³/mol. The molecule has 5 aromatic rings. The van der Waals surface area contributed by atoms with Crippen molar-refractivity contribution in [3.63, 3.8) is 0 Å². The number of anilines is 1. The van der Waals surface area contributed by atoms with Gasteiger partial charge < -0.3 is 14.6 Å². The molecule has 9 nitrogen and oxygen atoms in total. The maximum absolute atomic E-state index is 5.65. The van der Waals surface area contributed by atoms with Gasteiger partial charge in [0.05, 0.1) is 24.9 Å². The van der Waals surface area contributed by atoms with Gasteiger partial charge in [0.2, 0.25) is 0 Å². The summed E-state index contributed by atoms with van der Waals surface area (Å²) in [6.45, 7) is 4.21. The van der Waals surface area contributed by atoms with E-state index in [1.807, 2.05) is 35.0 Å². The monoisotopic (exact) mass is 412 g/mol. The van der Waals surface area contributed by atoms with Crippen molar-refractivity contribution in [3.8, 4) is 17.1 Å². The summed E-state index contributed by atoms with van der Waals surface area (Å²) < 4.78 is 7.63. The molecule has 0 aliphatic carbocycles. The molecule has 1 aliphatic heterocycles. The first-order valence-corrected chi connectivity index (χ1v) is 10.2. The number of fused-ring (bicyclic) bond motifs is 2. The minimum Gasteiger partial charge on any atom is -0.377 e. The molecule has 1 aliphatic rings. The second-order valence-corrected chi connectivity index (χ2v) is 7.58. The molecule has 0 unspecified atom stereocenters. The van der Waals surface area contributed by atoms with Gasteiger partial charge in [-0.1, -0.05) is 0 Å². The summed E-state index contributed by atoms with van der Waals surface area (Å²) >= 11 is 0. The molecule has 0 radical (unpaired) electrons. The van der Waals surface area contributed by atoms with Crippen molar-refractivity contribution in [2.75, 3.05) is 24.7 Å². The molecule has 1 fully saturated rings. The summed E-state index contributed by atoms with van der Waals surface area (Å²) in [5.74, 6) is 1.47. The molecule has 0 amide bonds. The quantitative estimate of drug-likeness (QED) is 0.486. The molecular formula is C22H20N8O. The fourth-order valence-electron chi connectivity index (χ4n) is 4.10. The third-order valence-electron chi connectivity index (χ3n) is 5.66. The van der Waals surface area contributed by atoms with Crippen molar-refractivity contribution in [3.05, 3.63) is 55.4 Å². The lowest BCUT2D eigenvalue weighted by Crippen LogP contribution is -2.44. The lowest BCUT2D eigenvalue weighted by atomic mass is 10.1. The molecule has 1 saturated heterocycles. The Bertz CT molecular complexity index is 1380. The average Bonchev–Trinajstić information content (AvgIpc) is 3.46. The molecule has 1 atom stereocenters. The second kappa shape index (κ2) is 7.13. The number of nitrogens with one attached hydrogen (secondary N) is 1. The van der Waals surface area contributed by atoms with Crippen LogP contribution in [0, 0.1) is 0 Å². The van der Waals surface area contributed by atoms with Gasteiger partial charge in [0, 0.05) is 42.3 Å². The highest BCUT2D eigenvalue weighted by Gasteiger charge is 2.26. The van der Waals surface area contributed by atoms with Gasteiger partial charge in [-0.05, 0) is 31.2 Å². The van der Waals surface area contributed by atoms with Gasteiger partial charge >= 0.3 is 0 Å². The third kappa shape index (κ3) is 2.93. The first-order chi connectivity index (χ1) is 15.3. The minimum absolute atomic E-state index is 0.190. The fraction of sp³-hybridized carbons (Fsp3) is 0.227. The molecule has 5 aromatic heterocycles. The van der Waals surface area contributed by atoms with Crippen LogP contribution in [-0.4, -0.2) is 60.3 Å². The molecule has 9 heteroatoms. The number of imidazole rings is 1.